The highest BCUT2D eigenvalue weighted by atomic mass is 19.1. The summed E-state index contributed by atoms with van der Waals surface area (Å²) < 4.78 is 31.6. The molecule has 4 rings (SSSR count). The van der Waals surface area contributed by atoms with Gasteiger partial charge in [0.15, 0.2) is 12.0 Å². The number of ether oxygens (including phenoxy) is 3. The van der Waals surface area contributed by atoms with Crippen LogP contribution in [0.15, 0.2) is 18.3 Å². The van der Waals surface area contributed by atoms with E-state index in [1.54, 1.807) is 18.3 Å². The zero-order valence-electron chi connectivity index (χ0n) is 27.0. The SMILES string of the molecule is CC[C@H]1[C@@H](COc2ncc(C#CC3CCC(CN(C)CCCOCCCN)CC3)c3cc(C(N)=O)c(OC)cc23)CC(=O)[C@H]1F. The molecular formula is C35H49FN4O5. The highest BCUT2D eigenvalue weighted by Crippen LogP contribution is 2.37. The lowest BCUT2D eigenvalue weighted by atomic mass is 9.82. The minimum Gasteiger partial charge on any atom is -0.496 e. The van der Waals surface area contributed by atoms with Crippen LogP contribution in [-0.4, -0.2) is 81.4 Å². The zero-order valence-corrected chi connectivity index (χ0v) is 27.0. The summed E-state index contributed by atoms with van der Waals surface area (Å²) in [7, 11) is 3.65. The first kappa shape index (κ1) is 34.6. The lowest BCUT2D eigenvalue weighted by Crippen LogP contribution is -2.29. The molecule has 0 aliphatic heterocycles. The van der Waals surface area contributed by atoms with Crippen molar-refractivity contribution in [3.63, 3.8) is 0 Å². The van der Waals surface area contributed by atoms with Crippen molar-refractivity contribution >= 4 is 22.5 Å². The Bertz CT molecular complexity index is 1370. The third kappa shape index (κ3) is 9.15. The maximum absolute atomic E-state index is 14.4. The topological polar surface area (TPSA) is 130 Å². The predicted octanol–water partition coefficient (Wildman–Crippen LogP) is 4.52. The van der Waals surface area contributed by atoms with Gasteiger partial charge in [0.2, 0.25) is 5.88 Å². The third-order valence-corrected chi connectivity index (χ3v) is 9.24. The first-order valence-electron chi connectivity index (χ1n) is 16.3. The van der Waals surface area contributed by atoms with Gasteiger partial charge in [-0.25, -0.2) is 9.37 Å². The Morgan fingerprint density at radius 2 is 1.91 bits per heavy atom. The van der Waals surface area contributed by atoms with Crippen LogP contribution < -0.4 is 20.9 Å². The molecule has 1 aromatic heterocycles. The average Bonchev–Trinajstić information content (AvgIpc) is 3.32. The number of primary amides is 1. The van der Waals surface area contributed by atoms with Crippen LogP contribution in [0.1, 0.15) is 74.2 Å². The second-order valence-electron chi connectivity index (χ2n) is 12.5. The minimum absolute atomic E-state index is 0.152. The Kier molecular flexibility index (Phi) is 13.0. The van der Waals surface area contributed by atoms with Crippen molar-refractivity contribution in [2.24, 2.45) is 35.1 Å². The van der Waals surface area contributed by atoms with E-state index < -0.39 is 12.1 Å². The molecule has 0 unspecified atom stereocenters. The lowest BCUT2D eigenvalue weighted by Gasteiger charge is -2.29. The number of hydrogen-bond donors (Lipinski definition) is 2. The zero-order chi connectivity index (χ0) is 32.3. The van der Waals surface area contributed by atoms with Crippen molar-refractivity contribution < 1.29 is 28.2 Å². The van der Waals surface area contributed by atoms with Crippen molar-refractivity contribution in [3.05, 3.63) is 29.5 Å². The molecule has 9 nitrogen and oxygen atoms in total. The maximum Gasteiger partial charge on any atom is 0.252 e. The Morgan fingerprint density at radius 3 is 2.60 bits per heavy atom. The van der Waals surface area contributed by atoms with Crippen molar-refractivity contribution in [2.45, 2.75) is 64.5 Å². The molecule has 3 atom stereocenters. The molecule has 0 bridgehead atoms. The molecule has 2 aliphatic rings. The van der Waals surface area contributed by atoms with E-state index in [-0.39, 0.29) is 42.1 Å². The summed E-state index contributed by atoms with van der Waals surface area (Å²) in [5.41, 5.74) is 12.1. The maximum atomic E-state index is 14.4. The molecule has 2 saturated carbocycles. The fourth-order valence-electron chi connectivity index (χ4n) is 6.65. The number of methoxy groups -OCH3 is 1. The Hall–Kier alpha value is -3.26. The highest BCUT2D eigenvalue weighted by Gasteiger charge is 2.42. The van der Waals surface area contributed by atoms with E-state index in [2.05, 4.69) is 28.8 Å². The van der Waals surface area contributed by atoms with Gasteiger partial charge in [0.05, 0.1) is 24.8 Å². The largest absolute Gasteiger partial charge is 0.496 e. The molecule has 0 spiro atoms. The van der Waals surface area contributed by atoms with Crippen LogP contribution in [0.5, 0.6) is 11.6 Å². The number of nitrogens with zero attached hydrogens (tertiary/aromatic N) is 2. The second-order valence-corrected chi connectivity index (χ2v) is 12.5. The average molecular weight is 625 g/mol. The van der Waals surface area contributed by atoms with Gasteiger partial charge >= 0.3 is 0 Å². The van der Waals surface area contributed by atoms with Crippen molar-refractivity contribution in [2.75, 3.05) is 53.6 Å². The fourth-order valence-corrected chi connectivity index (χ4v) is 6.65. The molecule has 1 amide bonds. The Balaban J connectivity index is 1.43. The highest BCUT2D eigenvalue weighted by molar-refractivity contribution is 6.03. The summed E-state index contributed by atoms with van der Waals surface area (Å²) >= 11 is 0. The molecule has 2 aliphatic carbocycles. The van der Waals surface area contributed by atoms with Gasteiger partial charge < -0.3 is 30.6 Å². The van der Waals surface area contributed by atoms with Gasteiger partial charge in [0.1, 0.15) is 5.75 Å². The number of hydrogen-bond acceptors (Lipinski definition) is 8. The lowest BCUT2D eigenvalue weighted by molar-refractivity contribution is -0.122. The van der Waals surface area contributed by atoms with Crippen LogP contribution in [0.3, 0.4) is 0 Å². The number of halogens is 1. The molecule has 1 aromatic carbocycles. The van der Waals surface area contributed by atoms with Gasteiger partial charge in [-0.05, 0) is 76.6 Å². The van der Waals surface area contributed by atoms with Crippen molar-refractivity contribution in [1.82, 2.24) is 9.88 Å². The number of benzene rings is 1. The van der Waals surface area contributed by atoms with Crippen LogP contribution >= 0.6 is 0 Å². The van der Waals surface area contributed by atoms with Crippen LogP contribution in [0.2, 0.25) is 0 Å². The molecule has 2 fully saturated rings. The van der Waals surface area contributed by atoms with Crippen molar-refractivity contribution in [3.8, 4) is 23.5 Å². The summed E-state index contributed by atoms with van der Waals surface area (Å²) in [4.78, 5) is 31.2. The minimum atomic E-state index is -1.45. The van der Waals surface area contributed by atoms with Gasteiger partial charge in [0, 0.05) is 67.4 Å². The Labute approximate surface area is 266 Å². The number of aromatic nitrogens is 1. The van der Waals surface area contributed by atoms with Gasteiger partial charge in [-0.3, -0.25) is 9.59 Å². The number of carbonyl (C=O) groups excluding carboxylic acids is 2. The van der Waals surface area contributed by atoms with Crippen LogP contribution in [0.4, 0.5) is 4.39 Å². The first-order chi connectivity index (χ1) is 21.7. The van der Waals surface area contributed by atoms with Crippen LogP contribution in [0.25, 0.3) is 10.8 Å². The van der Waals surface area contributed by atoms with Gasteiger partial charge in [-0.2, -0.15) is 0 Å². The predicted molar refractivity (Wildman–Crippen MR) is 173 cm³/mol. The standard InChI is InChI=1S/C35H49FN4O5/c1-4-27-26(17-31(41)33(27)36)22-45-35-29-19-32(43-3)30(34(38)42)18-28(29)25(20-39-35)12-11-23-7-9-24(10-8-23)21-40(2)14-6-16-44-15-5-13-37/h18-20,23-24,26-27,33H,4-10,13-17,21-22,37H2,1-3H3,(H2,38,42)/t23?,24?,26-,27+,33+/m1/s1. The normalized spacial score (nSPS) is 23.2. The number of fused-ring (bicyclic) bond motifs is 1. The smallest absolute Gasteiger partial charge is 0.252 e. The van der Waals surface area contributed by atoms with Gasteiger partial charge in [0.25, 0.3) is 5.91 Å². The second kappa shape index (κ2) is 16.9. The van der Waals surface area contributed by atoms with E-state index in [9.17, 15) is 14.0 Å². The summed E-state index contributed by atoms with van der Waals surface area (Å²) in [6.45, 7) is 6.33. The number of ketones is 1. The fraction of sp³-hybridized carbons (Fsp3) is 0.629. The molecule has 246 valence electrons. The molecule has 45 heavy (non-hydrogen) atoms. The van der Waals surface area contributed by atoms with Crippen LogP contribution in [-0.2, 0) is 9.53 Å². The Morgan fingerprint density at radius 1 is 1.16 bits per heavy atom. The first-order valence-corrected chi connectivity index (χ1v) is 16.3. The van der Waals surface area contributed by atoms with E-state index in [1.807, 2.05) is 6.92 Å². The van der Waals surface area contributed by atoms with E-state index >= 15 is 0 Å². The number of Topliss-reactive ketones (excluding diaryl/α,β-unsaturated/α-hetero) is 1. The van der Waals surface area contributed by atoms with Gasteiger partial charge in [-0.15, -0.1) is 0 Å². The quantitative estimate of drug-likeness (QED) is 0.219. The van der Waals surface area contributed by atoms with Crippen molar-refractivity contribution in [1.29, 1.82) is 0 Å². The molecular weight excluding hydrogens is 575 g/mol. The number of nitrogens with two attached hydrogens (primary N) is 2. The summed E-state index contributed by atoms with van der Waals surface area (Å²) in [5, 5.41) is 1.30. The number of rotatable bonds is 15. The van der Waals surface area contributed by atoms with E-state index in [1.165, 1.54) is 7.11 Å². The number of pyridine rings is 1. The molecule has 10 heteroatoms. The van der Waals surface area contributed by atoms with E-state index in [0.717, 1.165) is 64.8 Å². The monoisotopic (exact) mass is 624 g/mol. The molecule has 0 radical (unpaired) electrons. The van der Waals surface area contributed by atoms with E-state index in [4.69, 9.17) is 25.7 Å². The number of carbonyl (C=O) groups is 2. The van der Waals surface area contributed by atoms with E-state index in [0.29, 0.717) is 46.8 Å². The number of alkyl halides is 1. The summed E-state index contributed by atoms with van der Waals surface area (Å²) in [6, 6.07) is 3.36. The summed E-state index contributed by atoms with van der Waals surface area (Å²) in [6.07, 6.45) is 7.18. The number of amides is 1. The molecule has 2 aromatic rings. The molecule has 0 saturated heterocycles. The molecule has 1 heterocycles. The summed E-state index contributed by atoms with van der Waals surface area (Å²) in [5.74, 6) is 6.78. The van der Waals surface area contributed by atoms with Gasteiger partial charge in [-0.1, -0.05) is 18.8 Å². The third-order valence-electron chi connectivity index (χ3n) is 9.24. The van der Waals surface area contributed by atoms with Crippen LogP contribution in [0, 0.1) is 35.5 Å². The molecule has 4 N–H and O–H groups in total.